The van der Waals surface area contributed by atoms with E-state index in [-0.39, 0.29) is 0 Å². The molecule has 8 aromatic carbocycles. The fourth-order valence-electron chi connectivity index (χ4n) is 8.07. The molecule has 0 bridgehead atoms. The largest absolute Gasteiger partial charge is 0.309 e. The molecule has 5 nitrogen and oxygen atoms in total. The summed E-state index contributed by atoms with van der Waals surface area (Å²) in [5, 5.41) is 7.37. The highest BCUT2D eigenvalue weighted by Crippen LogP contribution is 2.40. The Morgan fingerprint density at radius 1 is 0.296 bits per heavy atom. The maximum absolute atomic E-state index is 4.97. The normalized spacial score (nSPS) is 11.7. The Morgan fingerprint density at radius 3 is 1.37 bits per heavy atom. The molecule has 0 radical (unpaired) electrons. The molecule has 0 aliphatic rings. The summed E-state index contributed by atoms with van der Waals surface area (Å²) in [4.78, 5) is 14.8. The zero-order chi connectivity index (χ0) is 35.6. The second-order valence-corrected chi connectivity index (χ2v) is 13.7. The third-order valence-corrected chi connectivity index (χ3v) is 10.6. The van der Waals surface area contributed by atoms with Crippen molar-refractivity contribution in [3.8, 4) is 45.5 Å². The Balaban J connectivity index is 1.12. The molecule has 0 aliphatic carbocycles. The van der Waals surface area contributed by atoms with Gasteiger partial charge in [-0.3, -0.25) is 0 Å². The Labute approximate surface area is 311 Å². The molecule has 252 valence electrons. The first-order chi connectivity index (χ1) is 26.8. The van der Waals surface area contributed by atoms with Gasteiger partial charge >= 0.3 is 0 Å². The summed E-state index contributed by atoms with van der Waals surface area (Å²) in [6, 6.07) is 66.3. The minimum absolute atomic E-state index is 0.637. The van der Waals surface area contributed by atoms with Gasteiger partial charge in [0, 0.05) is 49.3 Å². The standard InChI is InChI=1S/C49H31N5/c1-3-15-33(16-4-1)47-50-48(34-17-5-2-6-18-34)52-49(51-47)35-26-28-36(29-27-35)53-43-23-11-9-21-38(43)40-30-41-39-22-10-12-24-44(39)54(46(41)31-45(40)53)42-25-13-19-32-14-7-8-20-37(32)42/h1-31H. The lowest BCUT2D eigenvalue weighted by molar-refractivity contribution is 1.07. The van der Waals surface area contributed by atoms with Crippen LogP contribution in [-0.2, 0) is 0 Å². The summed E-state index contributed by atoms with van der Waals surface area (Å²) in [5.41, 5.74) is 9.75. The van der Waals surface area contributed by atoms with Crippen LogP contribution < -0.4 is 0 Å². The third-order valence-electron chi connectivity index (χ3n) is 10.6. The minimum Gasteiger partial charge on any atom is -0.309 e. The van der Waals surface area contributed by atoms with Crippen LogP contribution >= 0.6 is 0 Å². The molecule has 5 heteroatoms. The fraction of sp³-hybridized carbons (Fsp3) is 0. The molecule has 0 fully saturated rings. The van der Waals surface area contributed by atoms with E-state index >= 15 is 0 Å². The number of hydrogen-bond donors (Lipinski definition) is 0. The van der Waals surface area contributed by atoms with Crippen molar-refractivity contribution >= 4 is 54.4 Å². The average molecular weight is 690 g/mol. The van der Waals surface area contributed by atoms with E-state index < -0.39 is 0 Å². The van der Waals surface area contributed by atoms with Crippen LogP contribution in [0.5, 0.6) is 0 Å². The lowest BCUT2D eigenvalue weighted by atomic mass is 10.1. The van der Waals surface area contributed by atoms with Gasteiger partial charge in [-0.15, -0.1) is 0 Å². The fourth-order valence-corrected chi connectivity index (χ4v) is 8.07. The number of fused-ring (bicyclic) bond motifs is 7. The number of aromatic nitrogens is 5. The van der Waals surface area contributed by atoms with Gasteiger partial charge in [-0.25, -0.2) is 15.0 Å². The van der Waals surface area contributed by atoms with Gasteiger partial charge in [-0.1, -0.05) is 133 Å². The van der Waals surface area contributed by atoms with Crippen molar-refractivity contribution in [2.75, 3.05) is 0 Å². The van der Waals surface area contributed by atoms with E-state index in [1.54, 1.807) is 0 Å². The van der Waals surface area contributed by atoms with E-state index in [1.165, 1.54) is 49.0 Å². The zero-order valence-electron chi connectivity index (χ0n) is 29.1. The molecule has 3 heterocycles. The number of rotatable bonds is 5. The number of nitrogens with zero attached hydrogens (tertiary/aromatic N) is 5. The van der Waals surface area contributed by atoms with Gasteiger partial charge in [0.2, 0.25) is 0 Å². The smallest absolute Gasteiger partial charge is 0.164 e. The van der Waals surface area contributed by atoms with Crippen molar-refractivity contribution in [2.45, 2.75) is 0 Å². The monoisotopic (exact) mass is 689 g/mol. The number of para-hydroxylation sites is 2. The lowest BCUT2D eigenvalue weighted by Crippen LogP contribution is -2.00. The first kappa shape index (κ1) is 30.3. The van der Waals surface area contributed by atoms with Gasteiger partial charge in [0.15, 0.2) is 17.5 Å². The second kappa shape index (κ2) is 12.1. The van der Waals surface area contributed by atoms with Crippen molar-refractivity contribution in [3.63, 3.8) is 0 Å². The first-order valence-electron chi connectivity index (χ1n) is 18.2. The average Bonchev–Trinajstić information content (AvgIpc) is 3.75. The summed E-state index contributed by atoms with van der Waals surface area (Å²) in [5.74, 6) is 1.94. The molecule has 0 saturated heterocycles. The van der Waals surface area contributed by atoms with Gasteiger partial charge in [-0.2, -0.15) is 0 Å². The summed E-state index contributed by atoms with van der Waals surface area (Å²) >= 11 is 0. The molecule has 0 atom stereocenters. The van der Waals surface area contributed by atoms with E-state index in [2.05, 4.69) is 137 Å². The third kappa shape index (κ3) is 4.76. The molecule has 0 saturated carbocycles. The predicted molar refractivity (Wildman–Crippen MR) is 222 cm³/mol. The van der Waals surface area contributed by atoms with Crippen LogP contribution in [-0.4, -0.2) is 24.1 Å². The molecule has 54 heavy (non-hydrogen) atoms. The molecule has 3 aromatic heterocycles. The quantitative estimate of drug-likeness (QED) is 0.181. The Morgan fingerprint density at radius 2 is 0.759 bits per heavy atom. The molecule has 0 spiro atoms. The van der Waals surface area contributed by atoms with Gasteiger partial charge in [0.25, 0.3) is 0 Å². The molecule has 0 unspecified atom stereocenters. The molecule has 0 aliphatic heterocycles. The predicted octanol–water partition coefficient (Wildman–Crippen LogP) is 12.2. The zero-order valence-corrected chi connectivity index (χ0v) is 29.1. The van der Waals surface area contributed by atoms with Crippen molar-refractivity contribution in [2.24, 2.45) is 0 Å². The van der Waals surface area contributed by atoms with E-state index in [0.717, 1.165) is 33.4 Å². The van der Waals surface area contributed by atoms with E-state index in [0.29, 0.717) is 17.5 Å². The summed E-state index contributed by atoms with van der Waals surface area (Å²) < 4.78 is 4.82. The van der Waals surface area contributed by atoms with Gasteiger partial charge < -0.3 is 9.13 Å². The SMILES string of the molecule is c1ccc(-c2nc(-c3ccccc3)nc(-c3ccc(-n4c5ccccc5c5cc6c7ccccc7n(-c7cccc8ccccc78)c6cc54)cc3)n2)cc1. The van der Waals surface area contributed by atoms with Crippen molar-refractivity contribution < 1.29 is 0 Å². The number of hydrogen-bond acceptors (Lipinski definition) is 3. The summed E-state index contributed by atoms with van der Waals surface area (Å²) in [6.07, 6.45) is 0. The number of benzene rings is 8. The van der Waals surface area contributed by atoms with E-state index in [9.17, 15) is 0 Å². The van der Waals surface area contributed by atoms with Crippen LogP contribution in [0.2, 0.25) is 0 Å². The molecule has 11 rings (SSSR count). The van der Waals surface area contributed by atoms with Crippen LogP contribution in [0, 0.1) is 0 Å². The van der Waals surface area contributed by atoms with Gasteiger partial charge in [0.05, 0.1) is 27.8 Å². The molecule has 11 aromatic rings. The summed E-state index contributed by atoms with van der Waals surface area (Å²) in [6.45, 7) is 0. The Hall–Kier alpha value is -7.37. The molecular weight excluding hydrogens is 659 g/mol. The molecule has 0 N–H and O–H groups in total. The van der Waals surface area contributed by atoms with Crippen LogP contribution in [0.25, 0.3) is 99.9 Å². The molecular formula is C49H31N5. The maximum atomic E-state index is 4.97. The van der Waals surface area contributed by atoms with Crippen LogP contribution in [0.1, 0.15) is 0 Å². The Kier molecular flexibility index (Phi) is 6.79. The van der Waals surface area contributed by atoms with Gasteiger partial charge in [-0.05, 0) is 60.0 Å². The van der Waals surface area contributed by atoms with Crippen LogP contribution in [0.4, 0.5) is 0 Å². The highest BCUT2D eigenvalue weighted by atomic mass is 15.0. The van der Waals surface area contributed by atoms with Crippen molar-refractivity contribution in [1.82, 2.24) is 24.1 Å². The Bertz CT molecular complexity index is 3130. The first-order valence-corrected chi connectivity index (χ1v) is 18.2. The van der Waals surface area contributed by atoms with Crippen LogP contribution in [0.3, 0.4) is 0 Å². The van der Waals surface area contributed by atoms with Gasteiger partial charge in [0.1, 0.15) is 0 Å². The van der Waals surface area contributed by atoms with E-state index in [4.69, 9.17) is 15.0 Å². The maximum Gasteiger partial charge on any atom is 0.164 e. The van der Waals surface area contributed by atoms with Crippen molar-refractivity contribution in [1.29, 1.82) is 0 Å². The van der Waals surface area contributed by atoms with E-state index in [1.807, 2.05) is 60.7 Å². The highest BCUT2D eigenvalue weighted by molar-refractivity contribution is 6.19. The van der Waals surface area contributed by atoms with Crippen molar-refractivity contribution in [3.05, 3.63) is 188 Å². The minimum atomic E-state index is 0.637. The second-order valence-electron chi connectivity index (χ2n) is 13.7. The lowest BCUT2D eigenvalue weighted by Gasteiger charge is -2.13. The molecule has 0 amide bonds. The summed E-state index contributed by atoms with van der Waals surface area (Å²) in [7, 11) is 0. The topological polar surface area (TPSA) is 48.5 Å². The highest BCUT2D eigenvalue weighted by Gasteiger charge is 2.20. The van der Waals surface area contributed by atoms with Crippen LogP contribution in [0.15, 0.2) is 188 Å².